The highest BCUT2D eigenvalue weighted by Gasteiger charge is 2.21. The maximum atomic E-state index is 13.3. The van der Waals surface area contributed by atoms with Gasteiger partial charge in [0.05, 0.1) is 10.9 Å². The van der Waals surface area contributed by atoms with Gasteiger partial charge in [-0.2, -0.15) is 0 Å². The summed E-state index contributed by atoms with van der Waals surface area (Å²) in [5.41, 5.74) is 1.13. The molecule has 10 heteroatoms. The van der Waals surface area contributed by atoms with E-state index >= 15 is 0 Å². The van der Waals surface area contributed by atoms with Gasteiger partial charge in [-0.3, -0.25) is 19.0 Å². The van der Waals surface area contributed by atoms with Crippen LogP contribution in [-0.4, -0.2) is 36.6 Å². The van der Waals surface area contributed by atoms with Crippen molar-refractivity contribution in [3.63, 3.8) is 0 Å². The van der Waals surface area contributed by atoms with Crippen LogP contribution in [-0.2, 0) is 22.7 Å². The summed E-state index contributed by atoms with van der Waals surface area (Å²) in [5, 5.41) is 10.5. The van der Waals surface area contributed by atoms with Gasteiger partial charge in [-0.15, -0.1) is 5.10 Å². The molecule has 1 fully saturated rings. The highest BCUT2D eigenvalue weighted by molar-refractivity contribution is 5.90. The Kier molecular flexibility index (Phi) is 6.41. The lowest BCUT2D eigenvalue weighted by Gasteiger charge is -2.13. The van der Waals surface area contributed by atoms with Crippen molar-refractivity contribution in [3.05, 3.63) is 74.9 Å². The molecule has 2 amide bonds. The molecule has 0 spiro atoms. The third-order valence-corrected chi connectivity index (χ3v) is 6.56. The minimum Gasteiger partial charge on any atom is -0.353 e. The lowest BCUT2D eigenvalue weighted by molar-refractivity contribution is -0.122. The number of anilines is 1. The molecule has 0 radical (unpaired) electrons. The van der Waals surface area contributed by atoms with Gasteiger partial charge in [-0.05, 0) is 49.6 Å². The van der Waals surface area contributed by atoms with Crippen LogP contribution in [0.3, 0.4) is 0 Å². The molecule has 186 valence electrons. The first kappa shape index (κ1) is 23.5. The minimum atomic E-state index is -0.537. The van der Waals surface area contributed by atoms with E-state index in [1.165, 1.54) is 8.97 Å². The number of nitrogens with one attached hydrogen (secondary N) is 2. The lowest BCUT2D eigenvalue weighted by atomic mass is 10.2. The molecule has 0 unspecified atom stereocenters. The number of nitrogens with zero attached hydrogens (tertiary/aromatic N) is 4. The third kappa shape index (κ3) is 4.66. The number of amides is 2. The fourth-order valence-electron chi connectivity index (χ4n) is 4.81. The number of benzene rings is 2. The van der Waals surface area contributed by atoms with Crippen LogP contribution in [0.2, 0.25) is 0 Å². The van der Waals surface area contributed by atoms with Crippen molar-refractivity contribution < 1.29 is 9.59 Å². The van der Waals surface area contributed by atoms with Gasteiger partial charge in [0.25, 0.3) is 5.56 Å². The Morgan fingerprint density at radius 2 is 1.81 bits per heavy atom. The summed E-state index contributed by atoms with van der Waals surface area (Å²) in [7, 11) is 0. The summed E-state index contributed by atoms with van der Waals surface area (Å²) in [6, 6.07) is 14.3. The summed E-state index contributed by atoms with van der Waals surface area (Å²) in [6.07, 6.45) is 4.23. The maximum Gasteiger partial charge on any atom is 0.352 e. The highest BCUT2D eigenvalue weighted by Crippen LogP contribution is 2.18. The second-order valence-corrected chi connectivity index (χ2v) is 9.27. The van der Waals surface area contributed by atoms with E-state index in [1.807, 2.05) is 25.1 Å². The van der Waals surface area contributed by atoms with E-state index in [0.717, 1.165) is 35.9 Å². The number of carbonyl (C=O) groups excluding carboxylic acids is 2. The van der Waals surface area contributed by atoms with Gasteiger partial charge in [0, 0.05) is 24.7 Å². The maximum absolute atomic E-state index is 13.3. The molecule has 1 aliphatic rings. The molecule has 5 rings (SSSR count). The molecule has 2 heterocycles. The van der Waals surface area contributed by atoms with Gasteiger partial charge < -0.3 is 10.6 Å². The van der Waals surface area contributed by atoms with Gasteiger partial charge >= 0.3 is 5.69 Å². The average Bonchev–Trinajstić information content (AvgIpc) is 3.47. The molecule has 4 aromatic rings. The summed E-state index contributed by atoms with van der Waals surface area (Å²) in [6.45, 7) is 1.66. The van der Waals surface area contributed by atoms with Crippen molar-refractivity contribution in [2.75, 3.05) is 5.32 Å². The quantitative estimate of drug-likeness (QED) is 0.413. The molecular formula is C26H28N6O4. The van der Waals surface area contributed by atoms with Crippen molar-refractivity contribution in [2.24, 2.45) is 0 Å². The largest absolute Gasteiger partial charge is 0.353 e. The number of hydrogen-bond acceptors (Lipinski definition) is 5. The Balaban J connectivity index is 1.47. The van der Waals surface area contributed by atoms with Crippen molar-refractivity contribution in [1.82, 2.24) is 24.1 Å². The van der Waals surface area contributed by atoms with Crippen LogP contribution in [0.5, 0.6) is 0 Å². The number of carbonyl (C=O) groups is 2. The van der Waals surface area contributed by atoms with Gasteiger partial charge in [-0.1, -0.05) is 37.1 Å². The van der Waals surface area contributed by atoms with Crippen molar-refractivity contribution in [2.45, 2.75) is 58.2 Å². The predicted octanol–water partition coefficient (Wildman–Crippen LogP) is 2.21. The normalized spacial score (nSPS) is 13.9. The minimum absolute atomic E-state index is 0.0671. The van der Waals surface area contributed by atoms with Crippen LogP contribution in [0.15, 0.2) is 58.1 Å². The predicted molar refractivity (Wildman–Crippen MR) is 136 cm³/mol. The first-order chi connectivity index (χ1) is 17.4. The lowest BCUT2D eigenvalue weighted by Crippen LogP contribution is -2.34. The second kappa shape index (κ2) is 9.80. The molecular weight excluding hydrogens is 460 g/mol. The summed E-state index contributed by atoms with van der Waals surface area (Å²) < 4.78 is 3.71. The molecule has 2 aromatic carbocycles. The number of rotatable bonds is 7. The van der Waals surface area contributed by atoms with E-state index in [0.29, 0.717) is 16.6 Å². The molecule has 1 saturated carbocycles. The van der Waals surface area contributed by atoms with E-state index in [2.05, 4.69) is 15.7 Å². The standard InChI is InChI=1S/C26H28N6O4/c1-17-7-6-10-19(15-17)28-23(34)16-31-26(36)32-21-12-5-4-11-20(21)24(35)30(25(32)29-31)14-13-22(33)27-18-8-2-3-9-18/h4-7,10-12,15,18H,2-3,8-9,13-14,16H2,1H3,(H,27,33)(H,28,34). The monoisotopic (exact) mass is 488 g/mol. The van der Waals surface area contributed by atoms with Gasteiger partial charge in [-0.25, -0.2) is 13.9 Å². The Hall–Kier alpha value is -4.21. The van der Waals surface area contributed by atoms with Crippen LogP contribution in [0.4, 0.5) is 5.69 Å². The molecule has 36 heavy (non-hydrogen) atoms. The van der Waals surface area contributed by atoms with Crippen molar-refractivity contribution in [1.29, 1.82) is 0 Å². The molecule has 10 nitrogen and oxygen atoms in total. The smallest absolute Gasteiger partial charge is 0.352 e. The molecule has 0 aliphatic heterocycles. The van der Waals surface area contributed by atoms with Crippen LogP contribution in [0.1, 0.15) is 37.7 Å². The number of aryl methyl sites for hydroxylation is 2. The summed E-state index contributed by atoms with van der Waals surface area (Å²) in [4.78, 5) is 51.8. The van der Waals surface area contributed by atoms with E-state index < -0.39 is 11.6 Å². The molecule has 0 bridgehead atoms. The molecule has 1 aliphatic carbocycles. The zero-order chi connectivity index (χ0) is 25.2. The highest BCUT2D eigenvalue weighted by atomic mass is 16.2. The topological polar surface area (TPSA) is 120 Å². The van der Waals surface area contributed by atoms with E-state index in [9.17, 15) is 19.2 Å². The fraction of sp³-hybridized carbons (Fsp3) is 0.346. The van der Waals surface area contributed by atoms with Gasteiger partial charge in [0.15, 0.2) is 0 Å². The zero-order valence-corrected chi connectivity index (χ0v) is 20.1. The second-order valence-electron chi connectivity index (χ2n) is 9.27. The number of hydrogen-bond donors (Lipinski definition) is 2. The number of fused-ring (bicyclic) bond motifs is 3. The van der Waals surface area contributed by atoms with Gasteiger partial charge in [0.2, 0.25) is 17.6 Å². The van der Waals surface area contributed by atoms with Crippen LogP contribution in [0, 0.1) is 6.92 Å². The Morgan fingerprint density at radius 3 is 2.58 bits per heavy atom. The summed E-state index contributed by atoms with van der Waals surface area (Å²) in [5.74, 6) is -0.458. The van der Waals surface area contributed by atoms with E-state index in [1.54, 1.807) is 30.3 Å². The Labute approximate surface area is 206 Å². The van der Waals surface area contributed by atoms with Crippen molar-refractivity contribution in [3.8, 4) is 0 Å². The number of para-hydroxylation sites is 1. The molecule has 2 N–H and O–H groups in total. The first-order valence-electron chi connectivity index (χ1n) is 12.2. The number of aromatic nitrogens is 4. The fourth-order valence-corrected chi connectivity index (χ4v) is 4.81. The first-order valence-corrected chi connectivity index (χ1v) is 12.2. The Bertz CT molecular complexity index is 1580. The van der Waals surface area contributed by atoms with E-state index in [-0.39, 0.29) is 42.8 Å². The summed E-state index contributed by atoms with van der Waals surface area (Å²) >= 11 is 0. The van der Waals surface area contributed by atoms with Crippen molar-refractivity contribution >= 4 is 34.2 Å². The average molecular weight is 489 g/mol. The van der Waals surface area contributed by atoms with Gasteiger partial charge in [0.1, 0.15) is 6.54 Å². The molecule has 0 saturated heterocycles. The molecule has 2 aromatic heterocycles. The van der Waals surface area contributed by atoms with Crippen LogP contribution in [0.25, 0.3) is 16.7 Å². The third-order valence-electron chi connectivity index (χ3n) is 6.56. The van der Waals surface area contributed by atoms with Crippen LogP contribution < -0.4 is 21.9 Å². The van der Waals surface area contributed by atoms with E-state index in [4.69, 9.17) is 0 Å². The molecule has 0 atom stereocenters. The SMILES string of the molecule is Cc1cccc(NC(=O)Cn2nc3n(CCC(=O)NC4CCCC4)c(=O)c4ccccc4n3c2=O)c1. The zero-order valence-electron chi connectivity index (χ0n) is 20.1. The Morgan fingerprint density at radius 1 is 1.03 bits per heavy atom. The van der Waals surface area contributed by atoms with Crippen LogP contribution >= 0.6 is 0 Å².